The number of hydrogen-bond donors (Lipinski definition) is 1. The molecule has 3 aromatic rings. The molecule has 0 fully saturated rings. The van der Waals surface area contributed by atoms with Gasteiger partial charge in [-0.05, 0) is 36.4 Å². The maximum absolute atomic E-state index is 12.1. The van der Waals surface area contributed by atoms with E-state index in [1.165, 1.54) is 38.4 Å². The molecular weight excluding hydrogens is 436 g/mol. The standard InChI is InChI=1S/C18H17ClN4O4S2/c1-23(2)29(25,26)13-9-7-12(8-10-13)20-16(24)11-28-18-22-21-17(27-18)14-5-3-4-6-15(14)19/h3-10H,11H2,1-2H3,(H,20,24). The lowest BCUT2D eigenvalue weighted by Gasteiger charge is -2.11. The predicted octanol–water partition coefficient (Wildman–Crippen LogP) is 3.37. The monoisotopic (exact) mass is 452 g/mol. The number of anilines is 1. The van der Waals surface area contributed by atoms with Crippen molar-refractivity contribution in [2.45, 2.75) is 10.1 Å². The van der Waals surface area contributed by atoms with Gasteiger partial charge in [0, 0.05) is 19.8 Å². The molecule has 0 unspecified atom stereocenters. The maximum atomic E-state index is 12.1. The zero-order valence-corrected chi connectivity index (χ0v) is 17.9. The van der Waals surface area contributed by atoms with Gasteiger partial charge in [0.15, 0.2) is 0 Å². The highest BCUT2D eigenvalue weighted by molar-refractivity contribution is 7.99. The molecule has 8 nitrogen and oxygen atoms in total. The van der Waals surface area contributed by atoms with Gasteiger partial charge in [-0.25, -0.2) is 12.7 Å². The lowest BCUT2D eigenvalue weighted by Crippen LogP contribution is -2.22. The van der Waals surface area contributed by atoms with E-state index in [0.717, 1.165) is 16.1 Å². The minimum atomic E-state index is -3.51. The first-order chi connectivity index (χ1) is 13.8. The van der Waals surface area contributed by atoms with Crippen molar-refractivity contribution < 1.29 is 17.6 Å². The molecule has 1 aromatic heterocycles. The summed E-state index contributed by atoms with van der Waals surface area (Å²) in [6.45, 7) is 0. The fourth-order valence-electron chi connectivity index (χ4n) is 2.26. The third kappa shape index (κ3) is 5.15. The third-order valence-corrected chi connectivity index (χ3v) is 6.73. The highest BCUT2D eigenvalue weighted by Gasteiger charge is 2.17. The quantitative estimate of drug-likeness (QED) is 0.548. The molecule has 1 N–H and O–H groups in total. The molecule has 0 spiro atoms. The van der Waals surface area contributed by atoms with Crippen LogP contribution in [0.15, 0.2) is 63.1 Å². The number of benzene rings is 2. The van der Waals surface area contributed by atoms with Gasteiger partial charge in [-0.3, -0.25) is 4.79 Å². The molecule has 0 aliphatic rings. The Kier molecular flexibility index (Phi) is 6.58. The SMILES string of the molecule is CN(C)S(=O)(=O)c1ccc(NC(=O)CSc2nnc(-c3ccccc3Cl)o2)cc1. The molecule has 1 heterocycles. The topological polar surface area (TPSA) is 105 Å². The highest BCUT2D eigenvalue weighted by atomic mass is 35.5. The zero-order valence-electron chi connectivity index (χ0n) is 15.5. The van der Waals surface area contributed by atoms with Gasteiger partial charge >= 0.3 is 0 Å². The van der Waals surface area contributed by atoms with Crippen molar-refractivity contribution in [1.82, 2.24) is 14.5 Å². The molecule has 0 radical (unpaired) electrons. The summed E-state index contributed by atoms with van der Waals surface area (Å²) in [7, 11) is -0.602. The number of hydrogen-bond acceptors (Lipinski definition) is 7. The summed E-state index contributed by atoms with van der Waals surface area (Å²) in [6, 6.07) is 13.0. The Morgan fingerprint density at radius 3 is 2.48 bits per heavy atom. The van der Waals surface area contributed by atoms with Crippen molar-refractivity contribution in [1.29, 1.82) is 0 Å². The smallest absolute Gasteiger partial charge is 0.277 e. The molecule has 0 saturated heterocycles. The van der Waals surface area contributed by atoms with Crippen molar-refractivity contribution in [3.8, 4) is 11.5 Å². The summed E-state index contributed by atoms with van der Waals surface area (Å²) in [4.78, 5) is 12.3. The van der Waals surface area contributed by atoms with Gasteiger partial charge in [0.1, 0.15) is 0 Å². The van der Waals surface area contributed by atoms with Crippen LogP contribution in [0.2, 0.25) is 5.02 Å². The third-order valence-electron chi connectivity index (χ3n) is 3.75. The van der Waals surface area contributed by atoms with E-state index in [1.807, 2.05) is 0 Å². The largest absolute Gasteiger partial charge is 0.411 e. The first-order valence-corrected chi connectivity index (χ1v) is 11.1. The molecule has 0 aliphatic heterocycles. The molecule has 3 rings (SSSR count). The van der Waals surface area contributed by atoms with Crippen LogP contribution in [0.1, 0.15) is 0 Å². The lowest BCUT2D eigenvalue weighted by molar-refractivity contribution is -0.113. The summed E-state index contributed by atoms with van der Waals surface area (Å²) in [6.07, 6.45) is 0. The Labute approximate surface area is 177 Å². The van der Waals surface area contributed by atoms with E-state index in [-0.39, 0.29) is 27.7 Å². The Hall–Kier alpha value is -2.40. The number of nitrogens with one attached hydrogen (secondary N) is 1. The Balaban J connectivity index is 1.58. The summed E-state index contributed by atoms with van der Waals surface area (Å²) < 4.78 is 30.8. The number of nitrogens with zero attached hydrogens (tertiary/aromatic N) is 3. The van der Waals surface area contributed by atoms with Gasteiger partial charge < -0.3 is 9.73 Å². The van der Waals surface area contributed by atoms with Crippen LogP contribution < -0.4 is 5.32 Å². The van der Waals surface area contributed by atoms with Crippen molar-refractivity contribution >= 4 is 45.0 Å². The molecule has 29 heavy (non-hydrogen) atoms. The van der Waals surface area contributed by atoms with Gasteiger partial charge in [-0.2, -0.15) is 0 Å². The maximum Gasteiger partial charge on any atom is 0.277 e. The minimum Gasteiger partial charge on any atom is -0.411 e. The number of sulfonamides is 1. The number of rotatable bonds is 7. The summed E-state index contributed by atoms with van der Waals surface area (Å²) in [5, 5.41) is 11.3. The van der Waals surface area contributed by atoms with Gasteiger partial charge in [0.25, 0.3) is 5.22 Å². The normalized spacial score (nSPS) is 11.6. The second-order valence-electron chi connectivity index (χ2n) is 6.00. The average molecular weight is 453 g/mol. The van der Waals surface area contributed by atoms with Gasteiger partial charge in [0.2, 0.25) is 21.8 Å². The molecule has 0 aliphatic carbocycles. The number of carbonyl (C=O) groups is 1. The summed E-state index contributed by atoms with van der Waals surface area (Å²) >= 11 is 7.19. The lowest BCUT2D eigenvalue weighted by atomic mass is 10.2. The highest BCUT2D eigenvalue weighted by Crippen LogP contribution is 2.28. The van der Waals surface area contributed by atoms with E-state index in [4.69, 9.17) is 16.0 Å². The van der Waals surface area contributed by atoms with Crippen LogP contribution in [0.4, 0.5) is 5.69 Å². The van der Waals surface area contributed by atoms with Crippen LogP contribution in [0.3, 0.4) is 0 Å². The van der Waals surface area contributed by atoms with Gasteiger partial charge in [-0.15, -0.1) is 10.2 Å². The van der Waals surface area contributed by atoms with E-state index in [9.17, 15) is 13.2 Å². The number of amides is 1. The second-order valence-corrected chi connectivity index (χ2v) is 9.49. The molecular formula is C18H17ClN4O4S2. The van der Waals surface area contributed by atoms with E-state index < -0.39 is 10.0 Å². The molecule has 2 aromatic carbocycles. The summed E-state index contributed by atoms with van der Waals surface area (Å²) in [5.74, 6) is 0.0222. The number of aromatic nitrogens is 2. The van der Waals surface area contributed by atoms with Crippen molar-refractivity contribution in [2.75, 3.05) is 25.2 Å². The van der Waals surface area contributed by atoms with Crippen molar-refractivity contribution in [3.05, 3.63) is 53.6 Å². The fraction of sp³-hybridized carbons (Fsp3) is 0.167. The first kappa shape index (κ1) is 21.3. The van der Waals surface area contributed by atoms with Gasteiger partial charge in [-0.1, -0.05) is 35.5 Å². The predicted molar refractivity (Wildman–Crippen MR) is 111 cm³/mol. The molecule has 11 heteroatoms. The first-order valence-electron chi connectivity index (χ1n) is 8.31. The van der Waals surface area contributed by atoms with E-state index in [1.54, 1.807) is 24.3 Å². The molecule has 1 amide bonds. The molecule has 0 bridgehead atoms. The average Bonchev–Trinajstić information content (AvgIpc) is 3.16. The van der Waals surface area contributed by atoms with Crippen molar-refractivity contribution in [2.24, 2.45) is 0 Å². The Bertz CT molecular complexity index is 1110. The van der Waals surface area contributed by atoms with E-state index >= 15 is 0 Å². The van der Waals surface area contributed by atoms with Crippen LogP contribution in [0, 0.1) is 0 Å². The number of carbonyl (C=O) groups excluding carboxylic acids is 1. The van der Waals surface area contributed by atoms with Crippen LogP contribution in [0.5, 0.6) is 0 Å². The Morgan fingerprint density at radius 1 is 1.14 bits per heavy atom. The van der Waals surface area contributed by atoms with E-state index in [0.29, 0.717) is 16.3 Å². The molecule has 152 valence electrons. The summed E-state index contributed by atoms with van der Waals surface area (Å²) in [5.41, 5.74) is 1.10. The van der Waals surface area contributed by atoms with Crippen LogP contribution >= 0.6 is 23.4 Å². The minimum absolute atomic E-state index is 0.0436. The van der Waals surface area contributed by atoms with Gasteiger partial charge in [0.05, 0.1) is 21.2 Å². The number of halogens is 1. The van der Waals surface area contributed by atoms with Crippen LogP contribution in [0.25, 0.3) is 11.5 Å². The zero-order chi connectivity index (χ0) is 21.0. The Morgan fingerprint density at radius 2 is 1.83 bits per heavy atom. The van der Waals surface area contributed by atoms with E-state index in [2.05, 4.69) is 15.5 Å². The number of thioether (sulfide) groups is 1. The molecule has 0 saturated carbocycles. The molecule has 0 atom stereocenters. The van der Waals surface area contributed by atoms with Crippen LogP contribution in [-0.2, 0) is 14.8 Å². The fourth-order valence-corrected chi connectivity index (χ4v) is 3.94. The van der Waals surface area contributed by atoms with Crippen molar-refractivity contribution in [3.63, 3.8) is 0 Å². The van der Waals surface area contributed by atoms with Crippen LogP contribution in [-0.4, -0.2) is 48.7 Å². The second kappa shape index (κ2) is 8.95.